The summed E-state index contributed by atoms with van der Waals surface area (Å²) >= 11 is 11.7. The van der Waals surface area contributed by atoms with Crippen LogP contribution in [0.15, 0.2) is 24.7 Å². The largest absolute Gasteiger partial charge is 0.478 e. The van der Waals surface area contributed by atoms with Crippen LogP contribution in [0, 0.1) is 0 Å². The number of carboxylic acid groups (broad SMARTS) is 1. The SMILES string of the molecule is Cn1cnc(C(=O)Nc2c(Cl)ccc(Cl)c2C(=O)O)c1. The predicted molar refractivity (Wildman–Crippen MR) is 74.6 cm³/mol. The molecule has 0 aliphatic heterocycles. The third kappa shape index (κ3) is 2.76. The fraction of sp³-hybridized carbons (Fsp3) is 0.0833. The van der Waals surface area contributed by atoms with Crippen LogP contribution in [0.5, 0.6) is 0 Å². The molecule has 104 valence electrons. The van der Waals surface area contributed by atoms with Gasteiger partial charge in [0.15, 0.2) is 0 Å². The molecule has 0 unspecified atom stereocenters. The van der Waals surface area contributed by atoms with Crippen molar-refractivity contribution in [3.05, 3.63) is 46.0 Å². The molecule has 1 amide bonds. The second-order valence-corrected chi connectivity index (χ2v) is 4.78. The van der Waals surface area contributed by atoms with Gasteiger partial charge < -0.3 is 15.0 Å². The van der Waals surface area contributed by atoms with E-state index < -0.39 is 11.9 Å². The Bertz CT molecular complexity index is 697. The molecular weight excluding hydrogens is 305 g/mol. The molecule has 0 spiro atoms. The number of aromatic nitrogens is 2. The monoisotopic (exact) mass is 313 g/mol. The molecule has 1 aromatic carbocycles. The number of hydrogen-bond acceptors (Lipinski definition) is 3. The molecule has 2 rings (SSSR count). The lowest BCUT2D eigenvalue weighted by Gasteiger charge is -2.10. The van der Waals surface area contributed by atoms with Crippen LogP contribution in [-0.4, -0.2) is 26.5 Å². The molecule has 0 saturated heterocycles. The highest BCUT2D eigenvalue weighted by atomic mass is 35.5. The van der Waals surface area contributed by atoms with Gasteiger partial charge in [0.1, 0.15) is 11.3 Å². The van der Waals surface area contributed by atoms with E-state index >= 15 is 0 Å². The minimum atomic E-state index is -1.28. The number of rotatable bonds is 3. The zero-order valence-corrected chi connectivity index (χ0v) is 11.7. The van der Waals surface area contributed by atoms with E-state index in [1.165, 1.54) is 24.7 Å². The number of imidazole rings is 1. The third-order valence-corrected chi connectivity index (χ3v) is 3.12. The quantitative estimate of drug-likeness (QED) is 0.912. The van der Waals surface area contributed by atoms with Crippen molar-refractivity contribution >= 4 is 40.8 Å². The molecule has 1 heterocycles. The average Bonchev–Trinajstić information content (AvgIpc) is 2.80. The van der Waals surface area contributed by atoms with Gasteiger partial charge in [-0.2, -0.15) is 0 Å². The molecule has 0 saturated carbocycles. The lowest BCUT2D eigenvalue weighted by atomic mass is 10.1. The van der Waals surface area contributed by atoms with Crippen molar-refractivity contribution in [2.75, 3.05) is 5.32 Å². The summed E-state index contributed by atoms with van der Waals surface area (Å²) in [6.07, 6.45) is 2.95. The molecule has 0 radical (unpaired) electrons. The standard InChI is InChI=1S/C12H9Cl2N3O3/c1-17-4-8(15-5-17)11(18)16-10-7(14)3-2-6(13)9(10)12(19)20/h2-5H,1H3,(H,16,18)(H,19,20). The number of carbonyl (C=O) groups excluding carboxylic acids is 1. The summed E-state index contributed by atoms with van der Waals surface area (Å²) in [7, 11) is 1.71. The van der Waals surface area contributed by atoms with Gasteiger partial charge in [-0.3, -0.25) is 4.79 Å². The zero-order valence-electron chi connectivity index (χ0n) is 10.2. The molecular formula is C12H9Cl2N3O3. The Hall–Kier alpha value is -2.05. The first-order valence-corrected chi connectivity index (χ1v) is 6.16. The van der Waals surface area contributed by atoms with Crippen LogP contribution in [0.4, 0.5) is 5.69 Å². The van der Waals surface area contributed by atoms with Gasteiger partial charge in [-0.15, -0.1) is 0 Å². The van der Waals surface area contributed by atoms with E-state index in [2.05, 4.69) is 10.3 Å². The summed E-state index contributed by atoms with van der Waals surface area (Å²) < 4.78 is 1.59. The van der Waals surface area contributed by atoms with Gasteiger partial charge in [0.2, 0.25) is 0 Å². The van der Waals surface area contributed by atoms with E-state index in [9.17, 15) is 9.59 Å². The smallest absolute Gasteiger partial charge is 0.339 e. The predicted octanol–water partition coefficient (Wildman–Crippen LogP) is 2.68. The second kappa shape index (κ2) is 5.52. The van der Waals surface area contributed by atoms with Crippen molar-refractivity contribution in [2.45, 2.75) is 0 Å². The highest BCUT2D eigenvalue weighted by Gasteiger charge is 2.20. The first-order valence-electron chi connectivity index (χ1n) is 5.40. The number of anilines is 1. The Kier molecular flexibility index (Phi) is 3.96. The fourth-order valence-electron chi connectivity index (χ4n) is 1.59. The van der Waals surface area contributed by atoms with E-state index in [0.29, 0.717) is 0 Å². The molecule has 0 bridgehead atoms. The lowest BCUT2D eigenvalue weighted by molar-refractivity contribution is 0.0698. The minimum Gasteiger partial charge on any atom is -0.478 e. The topological polar surface area (TPSA) is 84.2 Å². The van der Waals surface area contributed by atoms with E-state index in [1.54, 1.807) is 11.6 Å². The Morgan fingerprint density at radius 2 is 1.95 bits per heavy atom. The highest BCUT2D eigenvalue weighted by Crippen LogP contribution is 2.32. The fourth-order valence-corrected chi connectivity index (χ4v) is 2.03. The van der Waals surface area contributed by atoms with Gasteiger partial charge in [0.05, 0.1) is 22.1 Å². The molecule has 6 nitrogen and oxygen atoms in total. The summed E-state index contributed by atoms with van der Waals surface area (Å²) in [6.45, 7) is 0. The maximum Gasteiger partial charge on any atom is 0.339 e. The number of aryl methyl sites for hydroxylation is 1. The van der Waals surface area contributed by atoms with Crippen molar-refractivity contribution in [3.63, 3.8) is 0 Å². The Labute approximate surface area is 123 Å². The molecule has 2 aromatic rings. The number of nitrogens with one attached hydrogen (secondary N) is 1. The van der Waals surface area contributed by atoms with Crippen LogP contribution in [0.3, 0.4) is 0 Å². The minimum absolute atomic E-state index is 0.0155. The molecule has 2 N–H and O–H groups in total. The van der Waals surface area contributed by atoms with Crippen LogP contribution in [-0.2, 0) is 7.05 Å². The van der Waals surface area contributed by atoms with Crippen LogP contribution < -0.4 is 5.32 Å². The number of hydrogen-bond donors (Lipinski definition) is 2. The molecule has 20 heavy (non-hydrogen) atoms. The van der Waals surface area contributed by atoms with Crippen LogP contribution in [0.25, 0.3) is 0 Å². The number of benzene rings is 1. The van der Waals surface area contributed by atoms with Crippen molar-refractivity contribution in [3.8, 4) is 0 Å². The van der Waals surface area contributed by atoms with Crippen molar-refractivity contribution in [1.29, 1.82) is 0 Å². The average molecular weight is 314 g/mol. The van der Waals surface area contributed by atoms with Gasteiger partial charge in [0, 0.05) is 13.2 Å². The second-order valence-electron chi connectivity index (χ2n) is 3.96. The Morgan fingerprint density at radius 3 is 2.50 bits per heavy atom. The molecule has 0 atom stereocenters. The van der Waals surface area contributed by atoms with Gasteiger partial charge in [-0.1, -0.05) is 23.2 Å². The first kappa shape index (κ1) is 14.4. The van der Waals surface area contributed by atoms with Crippen LogP contribution >= 0.6 is 23.2 Å². The van der Waals surface area contributed by atoms with Gasteiger partial charge in [-0.05, 0) is 12.1 Å². The number of amides is 1. The van der Waals surface area contributed by atoms with Crippen molar-refractivity contribution in [2.24, 2.45) is 7.05 Å². The third-order valence-electron chi connectivity index (χ3n) is 2.49. The van der Waals surface area contributed by atoms with E-state index in [-0.39, 0.29) is 27.0 Å². The number of halogens is 2. The number of aromatic carboxylic acids is 1. The van der Waals surface area contributed by atoms with Crippen LogP contribution in [0.2, 0.25) is 10.0 Å². The van der Waals surface area contributed by atoms with E-state index in [0.717, 1.165) is 0 Å². The van der Waals surface area contributed by atoms with Gasteiger partial charge >= 0.3 is 5.97 Å². The van der Waals surface area contributed by atoms with E-state index in [4.69, 9.17) is 28.3 Å². The number of carbonyl (C=O) groups is 2. The van der Waals surface area contributed by atoms with Gasteiger partial charge in [0.25, 0.3) is 5.91 Å². The summed E-state index contributed by atoms with van der Waals surface area (Å²) in [5.74, 6) is -1.86. The Balaban J connectivity index is 2.41. The van der Waals surface area contributed by atoms with Gasteiger partial charge in [-0.25, -0.2) is 9.78 Å². The summed E-state index contributed by atoms with van der Waals surface area (Å²) in [4.78, 5) is 27.1. The molecule has 1 aromatic heterocycles. The zero-order chi connectivity index (χ0) is 14.9. The molecule has 8 heteroatoms. The maximum atomic E-state index is 12.0. The Morgan fingerprint density at radius 1 is 1.30 bits per heavy atom. The van der Waals surface area contributed by atoms with Crippen molar-refractivity contribution in [1.82, 2.24) is 9.55 Å². The number of carboxylic acids is 1. The van der Waals surface area contributed by atoms with Crippen LogP contribution in [0.1, 0.15) is 20.8 Å². The molecule has 0 aliphatic rings. The van der Waals surface area contributed by atoms with Crippen molar-refractivity contribution < 1.29 is 14.7 Å². The number of nitrogens with zero attached hydrogens (tertiary/aromatic N) is 2. The highest BCUT2D eigenvalue weighted by molar-refractivity contribution is 6.38. The molecule has 0 aliphatic carbocycles. The molecule has 0 fully saturated rings. The normalized spacial score (nSPS) is 10.3. The summed E-state index contributed by atoms with van der Waals surface area (Å²) in [5, 5.41) is 11.6. The first-order chi connectivity index (χ1) is 9.40. The maximum absolute atomic E-state index is 12.0. The summed E-state index contributed by atoms with van der Waals surface area (Å²) in [6, 6.07) is 2.76. The van der Waals surface area contributed by atoms with E-state index in [1.807, 2.05) is 0 Å². The summed E-state index contributed by atoms with van der Waals surface area (Å²) in [5.41, 5.74) is -0.175. The lowest BCUT2D eigenvalue weighted by Crippen LogP contribution is -2.16.